The Kier molecular flexibility index (Phi) is 2.37. The van der Waals surface area contributed by atoms with Gasteiger partial charge in [-0.2, -0.15) is 0 Å². The summed E-state index contributed by atoms with van der Waals surface area (Å²) in [4.78, 5) is 24.8. The molecular weight excluding hydrogens is 264 g/mol. The zero-order valence-electron chi connectivity index (χ0n) is 9.74. The standard InChI is InChI=1S/C14H9ClN2O2/c15-8-5-9(16)10-11(12(8)17)14(19)7-4-2-1-3-6(7)13(10)18/h1-5H,16-17H2. The Morgan fingerprint density at radius 2 is 1.42 bits per heavy atom. The van der Waals surface area contributed by atoms with E-state index in [2.05, 4.69) is 0 Å². The molecule has 0 aliphatic heterocycles. The molecule has 4 N–H and O–H groups in total. The number of fused-ring (bicyclic) bond motifs is 2. The molecule has 0 unspecified atom stereocenters. The Hall–Kier alpha value is -2.33. The molecular formula is C14H9ClN2O2. The SMILES string of the molecule is Nc1cc(Cl)c(N)c2c1C(=O)c1ccccc1C2=O. The van der Waals surface area contributed by atoms with Crippen LogP contribution in [0.1, 0.15) is 31.8 Å². The third-order valence-electron chi connectivity index (χ3n) is 3.22. The normalized spacial score (nSPS) is 13.1. The van der Waals surface area contributed by atoms with E-state index >= 15 is 0 Å². The monoisotopic (exact) mass is 272 g/mol. The molecule has 0 radical (unpaired) electrons. The molecule has 0 amide bonds. The third-order valence-corrected chi connectivity index (χ3v) is 3.53. The Labute approximate surface area is 114 Å². The number of carbonyl (C=O) groups excluding carboxylic acids is 2. The molecule has 1 aliphatic rings. The number of nitrogen functional groups attached to an aromatic ring is 2. The molecule has 0 saturated carbocycles. The maximum Gasteiger partial charge on any atom is 0.196 e. The van der Waals surface area contributed by atoms with Crippen molar-refractivity contribution in [3.63, 3.8) is 0 Å². The van der Waals surface area contributed by atoms with Gasteiger partial charge < -0.3 is 11.5 Å². The highest BCUT2D eigenvalue weighted by Gasteiger charge is 2.33. The van der Waals surface area contributed by atoms with Crippen molar-refractivity contribution in [2.75, 3.05) is 11.5 Å². The fourth-order valence-electron chi connectivity index (χ4n) is 2.31. The molecule has 0 atom stereocenters. The Bertz CT molecular complexity index is 753. The van der Waals surface area contributed by atoms with Crippen LogP contribution in [-0.4, -0.2) is 11.6 Å². The molecule has 0 spiro atoms. The van der Waals surface area contributed by atoms with E-state index in [1.165, 1.54) is 6.07 Å². The molecule has 0 fully saturated rings. The predicted octanol–water partition coefficient (Wildman–Crippen LogP) is 2.28. The van der Waals surface area contributed by atoms with E-state index in [0.717, 1.165) is 0 Å². The molecule has 19 heavy (non-hydrogen) atoms. The van der Waals surface area contributed by atoms with Crippen molar-refractivity contribution in [1.82, 2.24) is 0 Å². The molecule has 1 aliphatic carbocycles. The number of rotatable bonds is 0. The van der Waals surface area contributed by atoms with Gasteiger partial charge >= 0.3 is 0 Å². The van der Waals surface area contributed by atoms with Gasteiger partial charge in [-0.15, -0.1) is 0 Å². The van der Waals surface area contributed by atoms with E-state index in [1.54, 1.807) is 24.3 Å². The highest BCUT2D eigenvalue weighted by Crippen LogP contribution is 2.37. The maximum absolute atomic E-state index is 12.4. The first-order valence-corrected chi connectivity index (χ1v) is 5.96. The van der Waals surface area contributed by atoms with E-state index in [0.29, 0.717) is 11.1 Å². The van der Waals surface area contributed by atoms with Crippen LogP contribution in [0.5, 0.6) is 0 Å². The van der Waals surface area contributed by atoms with Crippen molar-refractivity contribution in [2.24, 2.45) is 0 Å². The molecule has 4 nitrogen and oxygen atoms in total. The summed E-state index contributed by atoms with van der Waals surface area (Å²) >= 11 is 5.92. The van der Waals surface area contributed by atoms with Gasteiger partial charge in [-0.05, 0) is 6.07 Å². The molecule has 0 aromatic heterocycles. The molecule has 0 bridgehead atoms. The summed E-state index contributed by atoms with van der Waals surface area (Å²) < 4.78 is 0. The third kappa shape index (κ3) is 1.47. The van der Waals surface area contributed by atoms with Crippen molar-refractivity contribution in [2.45, 2.75) is 0 Å². The van der Waals surface area contributed by atoms with Crippen molar-refractivity contribution in [1.29, 1.82) is 0 Å². The molecule has 94 valence electrons. The highest BCUT2D eigenvalue weighted by atomic mass is 35.5. The molecule has 0 saturated heterocycles. The lowest BCUT2D eigenvalue weighted by Crippen LogP contribution is -2.23. The van der Waals surface area contributed by atoms with Crippen molar-refractivity contribution >= 4 is 34.5 Å². The lowest BCUT2D eigenvalue weighted by atomic mass is 9.82. The summed E-state index contributed by atoms with van der Waals surface area (Å²) in [5, 5.41) is 0.178. The Morgan fingerprint density at radius 1 is 0.895 bits per heavy atom. The quantitative estimate of drug-likeness (QED) is 0.615. The van der Waals surface area contributed by atoms with Crippen LogP contribution in [0.3, 0.4) is 0 Å². The van der Waals surface area contributed by atoms with E-state index in [4.69, 9.17) is 23.1 Å². The minimum absolute atomic E-state index is 0.0960. The average Bonchev–Trinajstić information content (AvgIpc) is 2.40. The topological polar surface area (TPSA) is 86.2 Å². The van der Waals surface area contributed by atoms with Crippen molar-refractivity contribution < 1.29 is 9.59 Å². The van der Waals surface area contributed by atoms with Crippen LogP contribution in [-0.2, 0) is 0 Å². The van der Waals surface area contributed by atoms with Crippen LogP contribution >= 0.6 is 11.6 Å². The fourth-order valence-corrected chi connectivity index (χ4v) is 2.53. The maximum atomic E-state index is 12.4. The molecule has 3 rings (SSSR count). The zero-order chi connectivity index (χ0) is 13.7. The van der Waals surface area contributed by atoms with E-state index in [9.17, 15) is 9.59 Å². The second kappa shape index (κ2) is 3.83. The Balaban J connectivity index is 2.43. The van der Waals surface area contributed by atoms with Gasteiger partial charge in [0.05, 0.1) is 21.8 Å². The largest absolute Gasteiger partial charge is 0.398 e. The van der Waals surface area contributed by atoms with Gasteiger partial charge in [0.1, 0.15) is 0 Å². The van der Waals surface area contributed by atoms with Gasteiger partial charge in [0, 0.05) is 16.8 Å². The fraction of sp³-hybridized carbons (Fsp3) is 0. The molecule has 2 aromatic rings. The summed E-state index contributed by atoms with van der Waals surface area (Å²) in [7, 11) is 0. The summed E-state index contributed by atoms with van der Waals surface area (Å²) in [6, 6.07) is 7.98. The van der Waals surface area contributed by atoms with Gasteiger partial charge in [-0.1, -0.05) is 35.9 Å². The number of nitrogens with two attached hydrogens (primary N) is 2. The van der Waals surface area contributed by atoms with Gasteiger partial charge in [0.25, 0.3) is 0 Å². The number of hydrogen-bond donors (Lipinski definition) is 2. The number of carbonyl (C=O) groups is 2. The second-order valence-corrected chi connectivity index (χ2v) is 4.72. The first-order valence-electron chi connectivity index (χ1n) is 5.58. The lowest BCUT2D eigenvalue weighted by Gasteiger charge is -2.20. The summed E-state index contributed by atoms with van der Waals surface area (Å²) in [6.45, 7) is 0. The van der Waals surface area contributed by atoms with Crippen molar-refractivity contribution in [3.05, 3.63) is 57.6 Å². The van der Waals surface area contributed by atoms with Gasteiger partial charge in [0.2, 0.25) is 0 Å². The van der Waals surface area contributed by atoms with Crippen LogP contribution in [0.25, 0.3) is 0 Å². The van der Waals surface area contributed by atoms with E-state index < -0.39 is 0 Å². The number of hydrogen-bond acceptors (Lipinski definition) is 4. The summed E-state index contributed by atoms with van der Waals surface area (Å²) in [5.41, 5.74) is 12.8. The second-order valence-electron chi connectivity index (χ2n) is 4.32. The smallest absolute Gasteiger partial charge is 0.196 e. The number of anilines is 2. The van der Waals surface area contributed by atoms with Crippen LogP contribution < -0.4 is 11.5 Å². The highest BCUT2D eigenvalue weighted by molar-refractivity contribution is 6.38. The Morgan fingerprint density at radius 3 is 2.00 bits per heavy atom. The van der Waals surface area contributed by atoms with Gasteiger partial charge in [0.15, 0.2) is 11.6 Å². The van der Waals surface area contributed by atoms with Crippen molar-refractivity contribution in [3.8, 4) is 0 Å². The molecule has 2 aromatic carbocycles. The lowest BCUT2D eigenvalue weighted by molar-refractivity contribution is 0.0980. The van der Waals surface area contributed by atoms with Crippen LogP contribution in [0, 0.1) is 0 Å². The van der Waals surface area contributed by atoms with Gasteiger partial charge in [-0.3, -0.25) is 9.59 Å². The molecule has 5 heteroatoms. The molecule has 0 heterocycles. The summed E-state index contributed by atoms with van der Waals surface area (Å²) in [5.74, 6) is -0.622. The zero-order valence-corrected chi connectivity index (χ0v) is 10.5. The average molecular weight is 273 g/mol. The van der Waals surface area contributed by atoms with Crippen LogP contribution in [0.15, 0.2) is 30.3 Å². The van der Waals surface area contributed by atoms with Crippen LogP contribution in [0.4, 0.5) is 11.4 Å². The minimum atomic E-state index is -0.322. The first kappa shape index (κ1) is 11.7. The number of benzene rings is 2. The van der Waals surface area contributed by atoms with E-state index in [1.807, 2.05) is 0 Å². The van der Waals surface area contributed by atoms with Crippen LogP contribution in [0.2, 0.25) is 5.02 Å². The van der Waals surface area contributed by atoms with E-state index in [-0.39, 0.29) is 39.1 Å². The first-order chi connectivity index (χ1) is 9.02. The predicted molar refractivity (Wildman–Crippen MR) is 73.6 cm³/mol. The number of halogens is 1. The summed E-state index contributed by atoms with van der Waals surface area (Å²) in [6.07, 6.45) is 0. The number of ketones is 2. The van der Waals surface area contributed by atoms with Gasteiger partial charge in [-0.25, -0.2) is 0 Å². The minimum Gasteiger partial charge on any atom is -0.398 e.